The quantitative estimate of drug-likeness (QED) is 0.536. The average molecular weight is 402 g/mol. The minimum atomic E-state index is -1.19. The molecule has 0 radical (unpaired) electrons. The van der Waals surface area contributed by atoms with Gasteiger partial charge in [-0.15, -0.1) is 0 Å². The van der Waals surface area contributed by atoms with Gasteiger partial charge in [-0.25, -0.2) is 9.59 Å². The molecule has 156 valence electrons. The zero-order chi connectivity index (χ0) is 21.0. The molecule has 9 heteroatoms. The first-order chi connectivity index (χ1) is 13.8. The molecule has 2 N–H and O–H groups in total. The largest absolute Gasteiger partial charge is 0.478 e. The van der Waals surface area contributed by atoms with Crippen molar-refractivity contribution in [1.29, 1.82) is 0 Å². The monoisotopic (exact) mass is 402 g/mol. The van der Waals surface area contributed by atoms with Crippen LogP contribution >= 0.6 is 0 Å². The molecule has 1 saturated heterocycles. The summed E-state index contributed by atoms with van der Waals surface area (Å²) in [4.78, 5) is 25.2. The lowest BCUT2D eigenvalue weighted by molar-refractivity contribution is -0.111. The molecule has 9 nitrogen and oxygen atoms in total. The number of carbonyl (C=O) groups is 2. The molecule has 1 aromatic carbocycles. The number of benzene rings is 1. The van der Waals surface area contributed by atoms with Gasteiger partial charge in [-0.2, -0.15) is 15.0 Å². The summed E-state index contributed by atoms with van der Waals surface area (Å²) in [7, 11) is 0. The van der Waals surface area contributed by atoms with Crippen LogP contribution in [-0.4, -0.2) is 51.4 Å². The summed E-state index contributed by atoms with van der Waals surface area (Å²) in [5, 5.41) is 21.5. The summed E-state index contributed by atoms with van der Waals surface area (Å²) in [6.07, 6.45) is 3.72. The van der Waals surface area contributed by atoms with Gasteiger partial charge in [-0.05, 0) is 45.7 Å². The molecule has 0 unspecified atom stereocenters. The van der Waals surface area contributed by atoms with Crippen molar-refractivity contribution in [3.05, 3.63) is 47.3 Å². The van der Waals surface area contributed by atoms with Gasteiger partial charge < -0.3 is 19.9 Å². The number of esters is 1. The van der Waals surface area contributed by atoms with Crippen molar-refractivity contribution in [2.24, 2.45) is 0 Å². The van der Waals surface area contributed by atoms with Crippen LogP contribution in [0, 0.1) is 0 Å². The maximum atomic E-state index is 12.2. The highest BCUT2D eigenvalue weighted by molar-refractivity contribution is 6.02. The van der Waals surface area contributed by atoms with Gasteiger partial charge in [-0.1, -0.05) is 12.1 Å². The van der Waals surface area contributed by atoms with E-state index in [9.17, 15) is 14.7 Å². The first-order valence-corrected chi connectivity index (χ1v) is 9.57. The molecule has 1 aliphatic heterocycles. The molecule has 0 aliphatic carbocycles. The van der Waals surface area contributed by atoms with Crippen LogP contribution in [0.3, 0.4) is 0 Å². The van der Waals surface area contributed by atoms with E-state index in [1.165, 1.54) is 12.1 Å². The molecule has 1 aromatic heterocycles. The topological polar surface area (TPSA) is 116 Å². The van der Waals surface area contributed by atoms with Crippen LogP contribution in [0.25, 0.3) is 0 Å². The summed E-state index contributed by atoms with van der Waals surface area (Å²) in [6, 6.07) is 6.58. The third-order valence-corrected chi connectivity index (χ3v) is 5.07. The molecule has 0 amide bonds. The highest BCUT2D eigenvalue weighted by atomic mass is 16.7. The molecule has 0 bridgehead atoms. The summed E-state index contributed by atoms with van der Waals surface area (Å²) >= 11 is 0. The standard InChI is InChI=1S/C20H26N4O5/c1-13-8-9-14(10-21-13)24-22-11-17(23-24)20(2,3)29-12-28-19(27)16-7-5-4-6-15(16)18(25)26/h4-7,11,13-14,21H,8-10,12H2,1-3H3,(H,25,26)/t13-,14-/m1/s1. The van der Waals surface area contributed by atoms with E-state index in [2.05, 4.69) is 22.4 Å². The van der Waals surface area contributed by atoms with Crippen LogP contribution in [0.2, 0.25) is 0 Å². The Balaban J connectivity index is 1.58. The molecule has 29 heavy (non-hydrogen) atoms. The third-order valence-electron chi connectivity index (χ3n) is 5.07. The summed E-state index contributed by atoms with van der Waals surface area (Å²) < 4.78 is 10.8. The van der Waals surface area contributed by atoms with E-state index in [-0.39, 0.29) is 24.0 Å². The van der Waals surface area contributed by atoms with Crippen molar-refractivity contribution < 1.29 is 24.2 Å². The van der Waals surface area contributed by atoms with Crippen LogP contribution in [0.1, 0.15) is 66.1 Å². The smallest absolute Gasteiger partial charge is 0.341 e. The maximum Gasteiger partial charge on any atom is 0.341 e. The number of carbonyl (C=O) groups excluding carboxylic acids is 1. The van der Waals surface area contributed by atoms with Crippen LogP contribution in [-0.2, 0) is 15.1 Å². The summed E-state index contributed by atoms with van der Waals surface area (Å²) in [6.45, 7) is 6.25. The van der Waals surface area contributed by atoms with Crippen LogP contribution < -0.4 is 5.32 Å². The molecule has 3 rings (SSSR count). The fourth-order valence-corrected chi connectivity index (χ4v) is 3.14. The first-order valence-electron chi connectivity index (χ1n) is 9.57. The number of carboxylic acid groups (broad SMARTS) is 1. The number of nitrogens with one attached hydrogen (secondary N) is 1. The SMILES string of the molecule is C[C@@H]1CC[C@@H](n2ncc(C(C)(C)OCOC(=O)c3ccccc3C(=O)O)n2)CN1. The van der Waals surface area contributed by atoms with E-state index < -0.39 is 17.5 Å². The first kappa shape index (κ1) is 20.9. The Kier molecular flexibility index (Phi) is 6.29. The Morgan fingerprint density at radius 3 is 2.66 bits per heavy atom. The van der Waals surface area contributed by atoms with Gasteiger partial charge in [0.05, 0.1) is 23.4 Å². The summed E-state index contributed by atoms with van der Waals surface area (Å²) in [5.74, 6) is -1.95. The molecule has 1 fully saturated rings. The van der Waals surface area contributed by atoms with Crippen molar-refractivity contribution >= 4 is 11.9 Å². The number of rotatable bonds is 7. The van der Waals surface area contributed by atoms with Crippen LogP contribution in [0.5, 0.6) is 0 Å². The number of ether oxygens (including phenoxy) is 2. The van der Waals surface area contributed by atoms with Gasteiger partial charge in [0.25, 0.3) is 0 Å². The molecule has 0 spiro atoms. The Hall–Kier alpha value is -2.78. The maximum absolute atomic E-state index is 12.2. The number of nitrogens with zero attached hydrogens (tertiary/aromatic N) is 3. The molecule has 2 atom stereocenters. The predicted octanol–water partition coefficient (Wildman–Crippen LogP) is 2.36. The lowest BCUT2D eigenvalue weighted by atomic mass is 10.0. The minimum absolute atomic E-state index is 0.0219. The van der Waals surface area contributed by atoms with Crippen molar-refractivity contribution in [3.8, 4) is 0 Å². The highest BCUT2D eigenvalue weighted by Crippen LogP contribution is 2.24. The van der Waals surface area contributed by atoms with E-state index in [0.29, 0.717) is 11.7 Å². The second-order valence-corrected chi connectivity index (χ2v) is 7.65. The van der Waals surface area contributed by atoms with Crippen LogP contribution in [0.15, 0.2) is 30.5 Å². The second-order valence-electron chi connectivity index (χ2n) is 7.65. The minimum Gasteiger partial charge on any atom is -0.478 e. The Labute approximate surface area is 169 Å². The zero-order valence-electron chi connectivity index (χ0n) is 16.8. The molecule has 1 aliphatic rings. The van der Waals surface area contributed by atoms with Crippen molar-refractivity contribution in [1.82, 2.24) is 20.3 Å². The normalized spacial score (nSPS) is 19.7. The van der Waals surface area contributed by atoms with Gasteiger partial charge in [0.2, 0.25) is 0 Å². The van der Waals surface area contributed by atoms with Gasteiger partial charge in [-0.3, -0.25) is 0 Å². The van der Waals surface area contributed by atoms with Gasteiger partial charge in [0, 0.05) is 12.6 Å². The van der Waals surface area contributed by atoms with Crippen molar-refractivity contribution in [2.75, 3.05) is 13.3 Å². The zero-order valence-corrected chi connectivity index (χ0v) is 16.8. The Morgan fingerprint density at radius 2 is 2.00 bits per heavy atom. The number of piperidine rings is 1. The number of aromatic carboxylic acids is 1. The molecular weight excluding hydrogens is 376 g/mol. The third kappa shape index (κ3) is 4.99. The average Bonchev–Trinajstić information content (AvgIpc) is 3.19. The van der Waals surface area contributed by atoms with Gasteiger partial charge >= 0.3 is 11.9 Å². The Bertz CT molecular complexity index is 871. The van der Waals surface area contributed by atoms with E-state index in [4.69, 9.17) is 9.47 Å². The lowest BCUT2D eigenvalue weighted by Gasteiger charge is -2.27. The molecular formula is C20H26N4O5. The number of hydrogen-bond donors (Lipinski definition) is 2. The van der Waals surface area contributed by atoms with Crippen LogP contribution in [0.4, 0.5) is 0 Å². The van der Waals surface area contributed by atoms with E-state index in [0.717, 1.165) is 19.4 Å². The predicted molar refractivity (Wildman–Crippen MR) is 104 cm³/mol. The van der Waals surface area contributed by atoms with Gasteiger partial charge in [0.1, 0.15) is 11.3 Å². The Morgan fingerprint density at radius 1 is 1.28 bits per heavy atom. The number of hydrogen-bond acceptors (Lipinski definition) is 7. The number of carboxylic acids is 1. The molecule has 2 heterocycles. The lowest BCUT2D eigenvalue weighted by Crippen LogP contribution is -2.38. The molecule has 0 saturated carbocycles. The second kappa shape index (κ2) is 8.71. The fourth-order valence-electron chi connectivity index (χ4n) is 3.14. The van der Waals surface area contributed by atoms with Crippen molar-refractivity contribution in [3.63, 3.8) is 0 Å². The highest BCUT2D eigenvalue weighted by Gasteiger charge is 2.28. The van der Waals surface area contributed by atoms with E-state index in [1.54, 1.807) is 23.1 Å². The van der Waals surface area contributed by atoms with E-state index >= 15 is 0 Å². The van der Waals surface area contributed by atoms with Gasteiger partial charge in [0.15, 0.2) is 6.79 Å². The summed E-state index contributed by atoms with van der Waals surface area (Å²) in [5.41, 5.74) is -0.347. The number of aromatic nitrogens is 3. The van der Waals surface area contributed by atoms with E-state index in [1.807, 2.05) is 13.8 Å². The van der Waals surface area contributed by atoms with Crippen molar-refractivity contribution in [2.45, 2.75) is 51.3 Å². The molecule has 2 aromatic rings. The fraction of sp³-hybridized carbons (Fsp3) is 0.500.